The topological polar surface area (TPSA) is 98.9 Å². The highest BCUT2D eigenvalue weighted by atomic mass is 16.6. The first kappa shape index (κ1) is 20.5. The molecule has 2 amide bonds. The third-order valence-electron chi connectivity index (χ3n) is 3.41. The van der Waals surface area contributed by atoms with Crippen LogP contribution in [0.4, 0.5) is 4.79 Å². The number of esters is 1. The Hall–Kier alpha value is -2.57. The summed E-state index contributed by atoms with van der Waals surface area (Å²) in [5.41, 5.74) is 4.99. The number of rotatable bonds is 2. The Morgan fingerprint density at radius 1 is 1.16 bits per heavy atom. The second-order valence-electron chi connectivity index (χ2n) is 6.59. The molecular weight excluding hydrogens is 324 g/mol. The zero-order chi connectivity index (χ0) is 19.0. The Balaban J connectivity index is 0.000000293. The minimum Gasteiger partial charge on any atom is -0.467 e. The Morgan fingerprint density at radius 3 is 2.20 bits per heavy atom. The van der Waals surface area contributed by atoms with E-state index >= 15 is 0 Å². The number of hydrogen-bond acceptors (Lipinski definition) is 5. The molecule has 1 heterocycles. The van der Waals surface area contributed by atoms with Crippen LogP contribution in [0.3, 0.4) is 0 Å². The largest absolute Gasteiger partial charge is 0.467 e. The van der Waals surface area contributed by atoms with Crippen LogP contribution in [-0.2, 0) is 14.3 Å². The van der Waals surface area contributed by atoms with Crippen molar-refractivity contribution >= 4 is 18.0 Å². The lowest BCUT2D eigenvalue weighted by molar-refractivity contribution is -0.145. The van der Waals surface area contributed by atoms with E-state index in [2.05, 4.69) is 4.74 Å². The van der Waals surface area contributed by atoms with Gasteiger partial charge in [0.2, 0.25) is 5.91 Å². The molecule has 0 unspecified atom stereocenters. The number of amides is 2. The molecule has 0 bridgehead atoms. The van der Waals surface area contributed by atoms with E-state index in [1.165, 1.54) is 12.0 Å². The predicted molar refractivity (Wildman–Crippen MR) is 92.9 cm³/mol. The molecular formula is C18H26N2O5. The number of nitrogens with zero attached hydrogens (tertiary/aromatic N) is 1. The van der Waals surface area contributed by atoms with E-state index in [9.17, 15) is 14.4 Å². The number of nitrogens with two attached hydrogens (primary N) is 1. The van der Waals surface area contributed by atoms with Gasteiger partial charge >= 0.3 is 12.1 Å². The predicted octanol–water partition coefficient (Wildman–Crippen LogP) is 2.34. The SMILES string of the molecule is COC(=O)[C@@H]1CCCN1C(=O)OC(C)(C)C.NC(=O)c1ccccc1. The van der Waals surface area contributed by atoms with Gasteiger partial charge in [0.05, 0.1) is 7.11 Å². The van der Waals surface area contributed by atoms with Gasteiger partial charge in [0, 0.05) is 12.1 Å². The first-order valence-corrected chi connectivity index (χ1v) is 8.08. The summed E-state index contributed by atoms with van der Waals surface area (Å²) in [7, 11) is 1.33. The summed E-state index contributed by atoms with van der Waals surface area (Å²) in [5.74, 6) is -0.751. The van der Waals surface area contributed by atoms with Gasteiger partial charge in [-0.3, -0.25) is 9.69 Å². The van der Waals surface area contributed by atoms with E-state index in [1.54, 1.807) is 45.0 Å². The van der Waals surface area contributed by atoms with Gasteiger partial charge in [0.1, 0.15) is 11.6 Å². The van der Waals surface area contributed by atoms with Crippen molar-refractivity contribution in [2.24, 2.45) is 5.73 Å². The molecule has 1 saturated heterocycles. The quantitative estimate of drug-likeness (QED) is 0.826. The Kier molecular flexibility index (Phi) is 7.42. The van der Waals surface area contributed by atoms with E-state index in [1.807, 2.05) is 6.07 Å². The number of benzene rings is 1. The molecule has 1 fully saturated rings. The van der Waals surface area contributed by atoms with Gasteiger partial charge in [-0.05, 0) is 45.7 Å². The summed E-state index contributed by atoms with van der Waals surface area (Å²) in [5, 5.41) is 0. The number of likely N-dealkylation sites (tertiary alicyclic amines) is 1. The van der Waals surface area contributed by atoms with Crippen LogP contribution in [0.5, 0.6) is 0 Å². The van der Waals surface area contributed by atoms with Gasteiger partial charge in [-0.1, -0.05) is 18.2 Å². The number of methoxy groups -OCH3 is 1. The van der Waals surface area contributed by atoms with E-state index < -0.39 is 17.7 Å². The molecule has 0 saturated carbocycles. The summed E-state index contributed by atoms with van der Waals surface area (Å²) in [6.45, 7) is 5.95. The van der Waals surface area contributed by atoms with Crippen molar-refractivity contribution in [2.45, 2.75) is 45.3 Å². The molecule has 0 radical (unpaired) electrons. The van der Waals surface area contributed by atoms with Gasteiger partial charge in [-0.25, -0.2) is 9.59 Å². The third kappa shape index (κ3) is 6.82. The maximum Gasteiger partial charge on any atom is 0.411 e. The molecule has 0 spiro atoms. The molecule has 1 aliphatic rings. The van der Waals surface area contributed by atoms with Crippen LogP contribution < -0.4 is 5.73 Å². The monoisotopic (exact) mass is 350 g/mol. The standard InChI is InChI=1S/C11H19NO4.C7H7NO/c1-11(2,3)16-10(14)12-7-5-6-8(12)9(13)15-4;8-7(9)6-4-2-1-3-5-6/h8H,5-7H2,1-4H3;1-5H,(H2,8,9)/t8-;/m0./s1. The lowest BCUT2D eigenvalue weighted by Crippen LogP contribution is -2.43. The first-order valence-electron chi connectivity index (χ1n) is 8.08. The molecule has 1 aliphatic heterocycles. The van der Waals surface area contributed by atoms with Crippen LogP contribution in [-0.4, -0.2) is 48.2 Å². The van der Waals surface area contributed by atoms with Crippen molar-refractivity contribution in [3.8, 4) is 0 Å². The maximum atomic E-state index is 11.8. The number of primary amides is 1. The fourth-order valence-electron chi connectivity index (χ4n) is 2.29. The lowest BCUT2D eigenvalue weighted by atomic mass is 10.2. The van der Waals surface area contributed by atoms with Crippen LogP contribution in [0.25, 0.3) is 0 Å². The second kappa shape index (κ2) is 9.05. The minimum atomic E-state index is -0.541. The van der Waals surface area contributed by atoms with Crippen LogP contribution in [0.2, 0.25) is 0 Å². The van der Waals surface area contributed by atoms with Crippen LogP contribution in [0.1, 0.15) is 44.0 Å². The number of ether oxygens (including phenoxy) is 2. The molecule has 2 rings (SSSR count). The van der Waals surface area contributed by atoms with Crippen molar-refractivity contribution in [1.29, 1.82) is 0 Å². The average Bonchev–Trinajstić information content (AvgIpc) is 3.04. The molecule has 1 atom stereocenters. The molecule has 7 heteroatoms. The van der Waals surface area contributed by atoms with Crippen molar-refractivity contribution in [3.05, 3.63) is 35.9 Å². The highest BCUT2D eigenvalue weighted by Gasteiger charge is 2.37. The van der Waals surface area contributed by atoms with E-state index in [0.717, 1.165) is 6.42 Å². The zero-order valence-corrected chi connectivity index (χ0v) is 15.2. The lowest BCUT2D eigenvalue weighted by Gasteiger charge is -2.27. The van der Waals surface area contributed by atoms with Crippen molar-refractivity contribution in [1.82, 2.24) is 4.90 Å². The smallest absolute Gasteiger partial charge is 0.411 e. The Labute approximate surface area is 148 Å². The molecule has 1 aromatic rings. The normalized spacial score (nSPS) is 16.5. The summed E-state index contributed by atoms with van der Waals surface area (Å²) in [4.78, 5) is 35.1. The van der Waals surface area contributed by atoms with E-state index in [-0.39, 0.29) is 11.9 Å². The molecule has 138 valence electrons. The Morgan fingerprint density at radius 2 is 1.76 bits per heavy atom. The van der Waals surface area contributed by atoms with Crippen LogP contribution in [0.15, 0.2) is 30.3 Å². The molecule has 7 nitrogen and oxygen atoms in total. The minimum absolute atomic E-state index is 0.372. The average molecular weight is 350 g/mol. The molecule has 1 aromatic carbocycles. The van der Waals surface area contributed by atoms with Crippen molar-refractivity contribution < 1.29 is 23.9 Å². The number of hydrogen-bond donors (Lipinski definition) is 1. The van der Waals surface area contributed by atoms with Gasteiger partial charge in [-0.15, -0.1) is 0 Å². The van der Waals surface area contributed by atoms with Crippen LogP contribution >= 0.6 is 0 Å². The number of carbonyl (C=O) groups is 3. The maximum absolute atomic E-state index is 11.8. The van der Waals surface area contributed by atoms with Crippen molar-refractivity contribution in [2.75, 3.05) is 13.7 Å². The summed E-state index contributed by atoms with van der Waals surface area (Å²) in [6.07, 6.45) is 1.01. The van der Waals surface area contributed by atoms with Gasteiger partial charge < -0.3 is 15.2 Å². The molecule has 2 N–H and O–H groups in total. The van der Waals surface area contributed by atoms with Gasteiger partial charge in [0.15, 0.2) is 0 Å². The molecule has 0 aliphatic carbocycles. The second-order valence-corrected chi connectivity index (χ2v) is 6.59. The highest BCUT2D eigenvalue weighted by Crippen LogP contribution is 2.21. The molecule has 0 aromatic heterocycles. The Bertz CT molecular complexity index is 595. The van der Waals surface area contributed by atoms with Crippen LogP contribution in [0, 0.1) is 0 Å². The number of carbonyl (C=O) groups excluding carboxylic acids is 3. The van der Waals surface area contributed by atoms with Gasteiger partial charge in [0.25, 0.3) is 0 Å². The van der Waals surface area contributed by atoms with E-state index in [0.29, 0.717) is 18.5 Å². The summed E-state index contributed by atoms with van der Waals surface area (Å²) >= 11 is 0. The summed E-state index contributed by atoms with van der Waals surface area (Å²) in [6, 6.07) is 8.27. The third-order valence-corrected chi connectivity index (χ3v) is 3.41. The van der Waals surface area contributed by atoms with E-state index in [4.69, 9.17) is 10.5 Å². The fourth-order valence-corrected chi connectivity index (χ4v) is 2.29. The highest BCUT2D eigenvalue weighted by molar-refractivity contribution is 5.92. The van der Waals surface area contributed by atoms with Crippen molar-refractivity contribution in [3.63, 3.8) is 0 Å². The summed E-state index contributed by atoms with van der Waals surface area (Å²) < 4.78 is 9.88. The fraction of sp³-hybridized carbons (Fsp3) is 0.500. The zero-order valence-electron chi connectivity index (χ0n) is 15.2. The molecule has 25 heavy (non-hydrogen) atoms. The first-order chi connectivity index (χ1) is 11.7. The van der Waals surface area contributed by atoms with Gasteiger partial charge in [-0.2, -0.15) is 0 Å².